The average molecular weight is 296 g/mol. The summed E-state index contributed by atoms with van der Waals surface area (Å²) in [5.41, 5.74) is 0. The molecule has 0 aromatic carbocycles. The van der Waals surface area contributed by atoms with Gasteiger partial charge in [0.2, 0.25) is 0 Å². The van der Waals surface area contributed by atoms with Gasteiger partial charge in [-0.25, -0.2) is 0 Å². The molecular formula is C18H37N3. The van der Waals surface area contributed by atoms with E-state index >= 15 is 0 Å². The first-order chi connectivity index (χ1) is 10.2. The Kier molecular flexibility index (Phi) is 7.48. The lowest BCUT2D eigenvalue weighted by Gasteiger charge is -2.38. The van der Waals surface area contributed by atoms with Gasteiger partial charge in [-0.15, -0.1) is 0 Å². The summed E-state index contributed by atoms with van der Waals surface area (Å²) >= 11 is 0. The van der Waals surface area contributed by atoms with E-state index in [1.165, 1.54) is 77.5 Å². The van der Waals surface area contributed by atoms with Gasteiger partial charge in [-0.3, -0.25) is 0 Å². The van der Waals surface area contributed by atoms with Gasteiger partial charge in [0.25, 0.3) is 0 Å². The molecule has 2 rings (SSSR count). The van der Waals surface area contributed by atoms with Crippen LogP contribution in [0.4, 0.5) is 0 Å². The van der Waals surface area contributed by atoms with Crippen LogP contribution in [0.3, 0.4) is 0 Å². The first-order valence-corrected chi connectivity index (χ1v) is 9.33. The lowest BCUT2D eigenvalue weighted by Crippen LogP contribution is -2.47. The van der Waals surface area contributed by atoms with Crippen molar-refractivity contribution in [2.75, 3.05) is 40.3 Å². The Balaban J connectivity index is 1.84. The SMILES string of the molecule is CCCNC1CCCCCC1CN(C)C1CCN(C)CC1. The topological polar surface area (TPSA) is 18.5 Å². The molecule has 3 nitrogen and oxygen atoms in total. The molecule has 2 unspecified atom stereocenters. The molecule has 2 atom stereocenters. The van der Waals surface area contributed by atoms with Crippen LogP contribution in [0.2, 0.25) is 0 Å². The number of hydrogen-bond acceptors (Lipinski definition) is 3. The van der Waals surface area contributed by atoms with Crippen molar-refractivity contribution < 1.29 is 0 Å². The van der Waals surface area contributed by atoms with Gasteiger partial charge >= 0.3 is 0 Å². The highest BCUT2D eigenvalue weighted by Crippen LogP contribution is 2.26. The number of nitrogens with one attached hydrogen (secondary N) is 1. The monoisotopic (exact) mass is 295 g/mol. The third kappa shape index (κ3) is 5.54. The van der Waals surface area contributed by atoms with Crippen LogP contribution in [0.5, 0.6) is 0 Å². The molecule has 1 aliphatic carbocycles. The first-order valence-electron chi connectivity index (χ1n) is 9.33. The third-order valence-electron chi connectivity index (χ3n) is 5.65. The van der Waals surface area contributed by atoms with E-state index in [1.54, 1.807) is 0 Å². The van der Waals surface area contributed by atoms with Crippen molar-refractivity contribution in [1.82, 2.24) is 15.1 Å². The Bertz CT molecular complexity index is 274. The second-order valence-corrected chi connectivity index (χ2v) is 7.43. The van der Waals surface area contributed by atoms with E-state index in [-0.39, 0.29) is 0 Å². The van der Waals surface area contributed by atoms with Gasteiger partial charge in [0.05, 0.1) is 0 Å². The molecule has 0 radical (unpaired) electrons. The highest BCUT2D eigenvalue weighted by molar-refractivity contribution is 4.84. The van der Waals surface area contributed by atoms with Gasteiger partial charge < -0.3 is 15.1 Å². The van der Waals surface area contributed by atoms with Gasteiger partial charge in [0.15, 0.2) is 0 Å². The van der Waals surface area contributed by atoms with Gasteiger partial charge in [0.1, 0.15) is 0 Å². The molecule has 0 bridgehead atoms. The quantitative estimate of drug-likeness (QED) is 0.760. The zero-order valence-corrected chi connectivity index (χ0v) is 14.6. The van der Waals surface area contributed by atoms with Crippen LogP contribution >= 0.6 is 0 Å². The van der Waals surface area contributed by atoms with E-state index in [1.807, 2.05) is 0 Å². The largest absolute Gasteiger partial charge is 0.314 e. The molecule has 21 heavy (non-hydrogen) atoms. The van der Waals surface area contributed by atoms with Crippen molar-refractivity contribution >= 4 is 0 Å². The van der Waals surface area contributed by atoms with Gasteiger partial charge in [-0.1, -0.05) is 26.2 Å². The molecule has 0 spiro atoms. The van der Waals surface area contributed by atoms with Crippen LogP contribution < -0.4 is 5.32 Å². The summed E-state index contributed by atoms with van der Waals surface area (Å²) in [4.78, 5) is 5.16. The van der Waals surface area contributed by atoms with Crippen LogP contribution in [-0.4, -0.2) is 62.2 Å². The molecule has 1 saturated carbocycles. The normalized spacial score (nSPS) is 29.7. The second kappa shape index (κ2) is 9.12. The number of likely N-dealkylation sites (tertiary alicyclic amines) is 1. The third-order valence-corrected chi connectivity index (χ3v) is 5.65. The van der Waals surface area contributed by atoms with Crippen LogP contribution in [-0.2, 0) is 0 Å². The van der Waals surface area contributed by atoms with Gasteiger partial charge in [0, 0.05) is 18.6 Å². The van der Waals surface area contributed by atoms with Crippen LogP contribution in [0, 0.1) is 5.92 Å². The predicted octanol–water partition coefficient (Wildman–Crippen LogP) is 2.96. The highest BCUT2D eigenvalue weighted by Gasteiger charge is 2.27. The molecule has 0 aromatic heterocycles. The van der Waals surface area contributed by atoms with Crippen molar-refractivity contribution in [3.05, 3.63) is 0 Å². The summed E-state index contributed by atoms with van der Waals surface area (Å²) in [6, 6.07) is 1.58. The standard InChI is InChI=1S/C18H37N3/c1-4-12-19-18-9-7-5-6-8-16(18)15-21(3)17-10-13-20(2)14-11-17/h16-19H,4-15H2,1-3H3. The average Bonchev–Trinajstić information content (AvgIpc) is 2.71. The summed E-state index contributed by atoms with van der Waals surface area (Å²) in [5.74, 6) is 0.865. The van der Waals surface area contributed by atoms with E-state index < -0.39 is 0 Å². The fraction of sp³-hybridized carbons (Fsp3) is 1.00. The lowest BCUT2D eigenvalue weighted by molar-refractivity contribution is 0.117. The number of piperidine rings is 1. The molecule has 0 amide bonds. The fourth-order valence-electron chi connectivity index (χ4n) is 4.16. The smallest absolute Gasteiger partial charge is 0.0117 e. The zero-order valence-electron chi connectivity index (χ0n) is 14.6. The summed E-state index contributed by atoms with van der Waals surface area (Å²) < 4.78 is 0. The molecule has 0 aromatic rings. The number of hydrogen-bond donors (Lipinski definition) is 1. The minimum Gasteiger partial charge on any atom is -0.314 e. The summed E-state index contributed by atoms with van der Waals surface area (Å²) in [6.45, 7) is 7.33. The Labute approximate surface area is 132 Å². The Hall–Kier alpha value is -0.120. The molecule has 124 valence electrons. The van der Waals surface area contributed by atoms with Crippen LogP contribution in [0.15, 0.2) is 0 Å². The lowest BCUT2D eigenvalue weighted by atomic mass is 9.92. The molecule has 1 saturated heterocycles. The molecule has 1 aliphatic heterocycles. The van der Waals surface area contributed by atoms with Gasteiger partial charge in [-0.2, -0.15) is 0 Å². The Morgan fingerprint density at radius 1 is 1.05 bits per heavy atom. The predicted molar refractivity (Wildman–Crippen MR) is 91.8 cm³/mol. The molecule has 1 N–H and O–H groups in total. The second-order valence-electron chi connectivity index (χ2n) is 7.43. The van der Waals surface area contributed by atoms with E-state index in [0.29, 0.717) is 0 Å². The van der Waals surface area contributed by atoms with E-state index in [0.717, 1.165) is 18.0 Å². The molecule has 1 heterocycles. The fourth-order valence-corrected chi connectivity index (χ4v) is 4.16. The van der Waals surface area contributed by atoms with Crippen molar-refractivity contribution in [3.8, 4) is 0 Å². The Morgan fingerprint density at radius 3 is 2.48 bits per heavy atom. The maximum absolute atomic E-state index is 3.84. The summed E-state index contributed by atoms with van der Waals surface area (Å²) in [5, 5.41) is 3.84. The van der Waals surface area contributed by atoms with Crippen molar-refractivity contribution in [1.29, 1.82) is 0 Å². The first kappa shape index (κ1) is 17.2. The molecule has 2 fully saturated rings. The van der Waals surface area contributed by atoms with E-state index in [9.17, 15) is 0 Å². The highest BCUT2D eigenvalue weighted by atomic mass is 15.2. The van der Waals surface area contributed by atoms with Crippen LogP contribution in [0.1, 0.15) is 58.3 Å². The zero-order chi connectivity index (χ0) is 15.1. The van der Waals surface area contributed by atoms with Crippen molar-refractivity contribution in [2.24, 2.45) is 5.92 Å². The Morgan fingerprint density at radius 2 is 1.76 bits per heavy atom. The maximum Gasteiger partial charge on any atom is 0.0117 e. The maximum atomic E-state index is 3.84. The number of rotatable bonds is 6. The minimum atomic E-state index is 0.765. The van der Waals surface area contributed by atoms with Crippen LogP contribution in [0.25, 0.3) is 0 Å². The van der Waals surface area contributed by atoms with E-state index in [4.69, 9.17) is 0 Å². The number of nitrogens with zero attached hydrogens (tertiary/aromatic N) is 2. The van der Waals surface area contributed by atoms with Crippen molar-refractivity contribution in [2.45, 2.75) is 70.4 Å². The van der Waals surface area contributed by atoms with E-state index in [2.05, 4.69) is 36.1 Å². The molecule has 2 aliphatic rings. The molecular weight excluding hydrogens is 258 g/mol. The molecule has 3 heteroatoms. The minimum absolute atomic E-state index is 0.765. The van der Waals surface area contributed by atoms with Gasteiger partial charge in [-0.05, 0) is 71.8 Å². The summed E-state index contributed by atoms with van der Waals surface area (Å²) in [7, 11) is 4.63. The summed E-state index contributed by atoms with van der Waals surface area (Å²) in [6.07, 6.45) is 11.1. The van der Waals surface area contributed by atoms with Crippen molar-refractivity contribution in [3.63, 3.8) is 0 Å².